The Balaban J connectivity index is 1.71. The number of ether oxygens (including phenoxy) is 2. The molecule has 5 heteroatoms. The maximum absolute atomic E-state index is 5.93. The molecule has 4 nitrogen and oxygen atoms in total. The largest absolute Gasteiger partial charge is 0.497 e. The van der Waals surface area contributed by atoms with E-state index in [0.717, 1.165) is 22.9 Å². The molecule has 2 N–H and O–H groups in total. The minimum absolute atomic E-state index is 0.470. The Morgan fingerprint density at radius 2 is 1.52 bits per heavy atom. The third kappa shape index (κ3) is 4.71. The summed E-state index contributed by atoms with van der Waals surface area (Å²) in [5, 5.41) is 6.78. The molecule has 3 aromatic rings. The number of para-hydroxylation sites is 3. The van der Waals surface area contributed by atoms with Crippen molar-refractivity contribution >= 4 is 28.7 Å². The summed E-state index contributed by atoms with van der Waals surface area (Å²) >= 11 is 5.40. The molecule has 0 aliphatic rings. The summed E-state index contributed by atoms with van der Waals surface area (Å²) in [4.78, 5) is 0. The normalized spacial score (nSPS) is 9.96. The Labute approximate surface area is 152 Å². The van der Waals surface area contributed by atoms with Gasteiger partial charge in [0.1, 0.15) is 11.5 Å². The van der Waals surface area contributed by atoms with Crippen molar-refractivity contribution in [2.75, 3.05) is 17.7 Å². The van der Waals surface area contributed by atoms with Crippen LogP contribution in [0.5, 0.6) is 17.2 Å². The van der Waals surface area contributed by atoms with Crippen LogP contribution in [0, 0.1) is 0 Å². The van der Waals surface area contributed by atoms with E-state index in [4.69, 9.17) is 21.7 Å². The smallest absolute Gasteiger partial charge is 0.175 e. The van der Waals surface area contributed by atoms with Gasteiger partial charge in [-0.05, 0) is 48.6 Å². The topological polar surface area (TPSA) is 42.5 Å². The van der Waals surface area contributed by atoms with E-state index < -0.39 is 0 Å². The second-order valence-electron chi connectivity index (χ2n) is 5.22. The van der Waals surface area contributed by atoms with E-state index in [9.17, 15) is 0 Å². The van der Waals surface area contributed by atoms with Gasteiger partial charge in [0, 0.05) is 11.8 Å². The summed E-state index contributed by atoms with van der Waals surface area (Å²) in [6.45, 7) is 0. The van der Waals surface area contributed by atoms with Crippen molar-refractivity contribution in [1.82, 2.24) is 0 Å². The lowest BCUT2D eigenvalue weighted by molar-refractivity contribution is 0.415. The van der Waals surface area contributed by atoms with Crippen LogP contribution in [0.1, 0.15) is 0 Å². The van der Waals surface area contributed by atoms with Crippen molar-refractivity contribution in [3.05, 3.63) is 78.9 Å². The fraction of sp³-hybridized carbons (Fsp3) is 0.0500. The molecule has 0 aliphatic carbocycles. The SMILES string of the molecule is COc1cccc(NC(=S)Nc2ccccc2Oc2ccccc2)c1. The number of thiocarbonyl (C=S) groups is 1. The predicted octanol–water partition coefficient (Wildman–Crippen LogP) is 5.30. The Morgan fingerprint density at radius 3 is 2.32 bits per heavy atom. The molecule has 126 valence electrons. The molecule has 0 fully saturated rings. The monoisotopic (exact) mass is 350 g/mol. The van der Waals surface area contributed by atoms with Crippen molar-refractivity contribution in [1.29, 1.82) is 0 Å². The molecule has 0 saturated carbocycles. The van der Waals surface area contributed by atoms with Crippen LogP contribution in [-0.2, 0) is 0 Å². The highest BCUT2D eigenvalue weighted by Gasteiger charge is 2.07. The Bertz CT molecular complexity index is 853. The van der Waals surface area contributed by atoms with Gasteiger partial charge in [0.2, 0.25) is 0 Å². The molecule has 0 amide bonds. The Kier molecular flexibility index (Phi) is 5.49. The highest BCUT2D eigenvalue weighted by Crippen LogP contribution is 2.29. The van der Waals surface area contributed by atoms with Crippen molar-refractivity contribution in [2.45, 2.75) is 0 Å². The van der Waals surface area contributed by atoms with E-state index >= 15 is 0 Å². The molecular weight excluding hydrogens is 332 g/mol. The number of nitrogens with one attached hydrogen (secondary N) is 2. The Morgan fingerprint density at radius 1 is 0.800 bits per heavy atom. The first-order valence-corrected chi connectivity index (χ1v) is 8.19. The molecule has 0 saturated heterocycles. The number of rotatable bonds is 5. The molecule has 3 aromatic carbocycles. The van der Waals surface area contributed by atoms with Crippen LogP contribution < -0.4 is 20.1 Å². The lowest BCUT2D eigenvalue weighted by Crippen LogP contribution is -2.19. The summed E-state index contributed by atoms with van der Waals surface area (Å²) in [5.74, 6) is 2.23. The van der Waals surface area contributed by atoms with Gasteiger partial charge in [-0.2, -0.15) is 0 Å². The summed E-state index contributed by atoms with van der Waals surface area (Å²) in [5.41, 5.74) is 1.63. The number of hydrogen-bond donors (Lipinski definition) is 2. The molecule has 0 aromatic heterocycles. The number of methoxy groups -OCH3 is 1. The van der Waals surface area contributed by atoms with E-state index in [0.29, 0.717) is 10.9 Å². The molecule has 0 bridgehead atoms. The first-order chi connectivity index (χ1) is 12.2. The average molecular weight is 350 g/mol. The third-order valence-corrected chi connectivity index (χ3v) is 3.64. The van der Waals surface area contributed by atoms with Crippen LogP contribution in [-0.4, -0.2) is 12.2 Å². The predicted molar refractivity (Wildman–Crippen MR) is 106 cm³/mol. The van der Waals surface area contributed by atoms with Crippen LogP contribution in [0.3, 0.4) is 0 Å². The van der Waals surface area contributed by atoms with Crippen LogP contribution >= 0.6 is 12.2 Å². The van der Waals surface area contributed by atoms with Gasteiger partial charge in [-0.1, -0.05) is 36.4 Å². The highest BCUT2D eigenvalue weighted by molar-refractivity contribution is 7.80. The Hall–Kier alpha value is -3.05. The molecule has 3 rings (SSSR count). The molecule has 0 aliphatic heterocycles. The number of hydrogen-bond acceptors (Lipinski definition) is 3. The van der Waals surface area contributed by atoms with E-state index in [1.165, 1.54) is 0 Å². The summed E-state index contributed by atoms with van der Waals surface area (Å²) in [6.07, 6.45) is 0. The molecule has 0 spiro atoms. The van der Waals surface area contributed by atoms with E-state index in [1.54, 1.807) is 7.11 Å². The molecule has 0 unspecified atom stereocenters. The fourth-order valence-corrected chi connectivity index (χ4v) is 2.49. The summed E-state index contributed by atoms with van der Waals surface area (Å²) < 4.78 is 11.1. The van der Waals surface area contributed by atoms with Gasteiger partial charge in [-0.15, -0.1) is 0 Å². The zero-order valence-electron chi connectivity index (χ0n) is 13.7. The van der Waals surface area contributed by atoms with Crippen molar-refractivity contribution < 1.29 is 9.47 Å². The number of anilines is 2. The van der Waals surface area contributed by atoms with Crippen molar-refractivity contribution in [3.63, 3.8) is 0 Å². The second-order valence-corrected chi connectivity index (χ2v) is 5.63. The van der Waals surface area contributed by atoms with E-state index in [2.05, 4.69) is 10.6 Å². The van der Waals surface area contributed by atoms with Gasteiger partial charge in [-0.25, -0.2) is 0 Å². The van der Waals surface area contributed by atoms with E-state index in [1.807, 2.05) is 78.9 Å². The zero-order valence-corrected chi connectivity index (χ0v) is 14.5. The standard InChI is InChI=1S/C20H18N2O2S/c1-23-17-11-7-8-15(14-17)21-20(25)22-18-12-5-6-13-19(18)24-16-9-3-2-4-10-16/h2-14H,1H3,(H2,21,22,25). The maximum atomic E-state index is 5.93. The fourth-order valence-electron chi connectivity index (χ4n) is 2.26. The van der Waals surface area contributed by atoms with Crippen molar-refractivity contribution in [3.8, 4) is 17.2 Å². The van der Waals surface area contributed by atoms with Crippen LogP contribution in [0.25, 0.3) is 0 Å². The molecular formula is C20H18N2O2S. The minimum atomic E-state index is 0.470. The van der Waals surface area contributed by atoms with E-state index in [-0.39, 0.29) is 0 Å². The average Bonchev–Trinajstić information content (AvgIpc) is 2.64. The van der Waals surface area contributed by atoms with Crippen LogP contribution in [0.4, 0.5) is 11.4 Å². The van der Waals surface area contributed by atoms with Crippen LogP contribution in [0.2, 0.25) is 0 Å². The van der Waals surface area contributed by atoms with Gasteiger partial charge in [0.05, 0.1) is 12.8 Å². The maximum Gasteiger partial charge on any atom is 0.175 e. The lowest BCUT2D eigenvalue weighted by Gasteiger charge is -2.15. The van der Waals surface area contributed by atoms with Gasteiger partial charge in [-0.3, -0.25) is 0 Å². The second kappa shape index (κ2) is 8.17. The number of benzene rings is 3. The zero-order chi connectivity index (χ0) is 17.5. The van der Waals surface area contributed by atoms with Crippen molar-refractivity contribution in [2.24, 2.45) is 0 Å². The quantitative estimate of drug-likeness (QED) is 0.612. The molecule has 0 heterocycles. The summed E-state index contributed by atoms with van der Waals surface area (Å²) in [7, 11) is 1.63. The molecule has 25 heavy (non-hydrogen) atoms. The van der Waals surface area contributed by atoms with Gasteiger partial charge in [0.25, 0.3) is 0 Å². The summed E-state index contributed by atoms with van der Waals surface area (Å²) in [6, 6.07) is 24.8. The lowest BCUT2D eigenvalue weighted by atomic mass is 10.3. The first kappa shape index (κ1) is 16.8. The first-order valence-electron chi connectivity index (χ1n) is 7.78. The van der Waals surface area contributed by atoms with Crippen LogP contribution in [0.15, 0.2) is 78.9 Å². The third-order valence-electron chi connectivity index (χ3n) is 3.43. The van der Waals surface area contributed by atoms with Gasteiger partial charge in [0.15, 0.2) is 10.9 Å². The highest BCUT2D eigenvalue weighted by atomic mass is 32.1. The molecule has 0 radical (unpaired) electrons. The van der Waals surface area contributed by atoms with Gasteiger partial charge < -0.3 is 20.1 Å². The van der Waals surface area contributed by atoms with Gasteiger partial charge >= 0.3 is 0 Å². The minimum Gasteiger partial charge on any atom is -0.497 e. The molecule has 0 atom stereocenters.